The molecule has 0 aromatic heterocycles. The number of ether oxygens (including phenoxy) is 1. The van der Waals surface area contributed by atoms with Crippen LogP contribution in [0.15, 0.2) is 41.3 Å². The highest BCUT2D eigenvalue weighted by atomic mass is 32.2. The SMILES string of the molecule is COc1c(C)cc(C)cc1S(=O)(=O)Nc1cccc(C#N)c1. The first kappa shape index (κ1) is 15.9. The highest BCUT2D eigenvalue weighted by molar-refractivity contribution is 7.92. The van der Waals surface area contributed by atoms with Gasteiger partial charge in [0, 0.05) is 0 Å². The van der Waals surface area contributed by atoms with Crippen LogP contribution in [0.2, 0.25) is 0 Å². The maximum atomic E-state index is 12.6. The van der Waals surface area contributed by atoms with Gasteiger partial charge in [0.05, 0.1) is 24.4 Å². The number of nitrogens with one attached hydrogen (secondary N) is 1. The van der Waals surface area contributed by atoms with E-state index in [1.54, 1.807) is 31.2 Å². The van der Waals surface area contributed by atoms with Gasteiger partial charge in [-0.1, -0.05) is 12.1 Å². The molecule has 2 aromatic carbocycles. The van der Waals surface area contributed by atoms with E-state index in [-0.39, 0.29) is 4.90 Å². The van der Waals surface area contributed by atoms with Gasteiger partial charge in [0.15, 0.2) is 0 Å². The third-order valence-corrected chi connectivity index (χ3v) is 4.51. The molecular formula is C16H16N2O3S. The van der Waals surface area contributed by atoms with Crippen LogP contribution in [0.4, 0.5) is 5.69 Å². The van der Waals surface area contributed by atoms with Crippen molar-refractivity contribution >= 4 is 15.7 Å². The molecule has 114 valence electrons. The van der Waals surface area contributed by atoms with E-state index in [0.717, 1.165) is 11.1 Å². The Morgan fingerprint density at radius 2 is 1.91 bits per heavy atom. The fraction of sp³-hybridized carbons (Fsp3) is 0.188. The molecule has 1 N–H and O–H groups in total. The minimum atomic E-state index is -3.81. The second kappa shape index (κ2) is 6.08. The third kappa shape index (κ3) is 3.21. The van der Waals surface area contributed by atoms with Gasteiger partial charge < -0.3 is 4.74 Å². The van der Waals surface area contributed by atoms with Crippen molar-refractivity contribution in [3.05, 3.63) is 53.1 Å². The van der Waals surface area contributed by atoms with Gasteiger partial charge in [0.2, 0.25) is 0 Å². The maximum Gasteiger partial charge on any atom is 0.265 e. The maximum absolute atomic E-state index is 12.6. The van der Waals surface area contributed by atoms with Crippen molar-refractivity contribution in [2.24, 2.45) is 0 Å². The number of rotatable bonds is 4. The molecule has 5 nitrogen and oxygen atoms in total. The standard InChI is InChI=1S/C16H16N2O3S/c1-11-7-12(2)16(21-3)15(8-11)22(19,20)18-14-6-4-5-13(9-14)10-17/h4-9,18H,1-3H3. The second-order valence-electron chi connectivity index (χ2n) is 4.91. The van der Waals surface area contributed by atoms with Crippen molar-refractivity contribution in [3.8, 4) is 11.8 Å². The van der Waals surface area contributed by atoms with Gasteiger partial charge in [0.25, 0.3) is 10.0 Å². The van der Waals surface area contributed by atoms with Gasteiger partial charge in [-0.05, 0) is 49.2 Å². The number of hydrogen-bond donors (Lipinski definition) is 1. The predicted octanol–water partition coefficient (Wildman–Crippen LogP) is 2.98. The summed E-state index contributed by atoms with van der Waals surface area (Å²) >= 11 is 0. The molecule has 0 radical (unpaired) electrons. The number of methoxy groups -OCH3 is 1. The minimum Gasteiger partial charge on any atom is -0.495 e. The molecule has 0 saturated carbocycles. The monoisotopic (exact) mass is 316 g/mol. The molecule has 0 aliphatic rings. The van der Waals surface area contributed by atoms with E-state index in [2.05, 4.69) is 4.72 Å². The molecule has 0 heterocycles. The first-order valence-corrected chi connectivity index (χ1v) is 8.04. The zero-order chi connectivity index (χ0) is 16.3. The molecule has 0 bridgehead atoms. The van der Waals surface area contributed by atoms with E-state index < -0.39 is 10.0 Å². The molecule has 0 amide bonds. The lowest BCUT2D eigenvalue weighted by atomic mass is 10.1. The summed E-state index contributed by atoms with van der Waals surface area (Å²) in [5.74, 6) is 0.314. The number of hydrogen-bond acceptors (Lipinski definition) is 4. The Labute approximate surface area is 130 Å². The molecule has 22 heavy (non-hydrogen) atoms. The lowest BCUT2D eigenvalue weighted by Gasteiger charge is -2.14. The van der Waals surface area contributed by atoms with E-state index in [1.165, 1.54) is 13.2 Å². The Kier molecular flexibility index (Phi) is 4.38. The highest BCUT2D eigenvalue weighted by Gasteiger charge is 2.21. The summed E-state index contributed by atoms with van der Waals surface area (Å²) in [6.07, 6.45) is 0. The molecule has 0 aliphatic carbocycles. The molecular weight excluding hydrogens is 300 g/mol. The zero-order valence-corrected chi connectivity index (χ0v) is 13.4. The lowest BCUT2D eigenvalue weighted by Crippen LogP contribution is -2.15. The highest BCUT2D eigenvalue weighted by Crippen LogP contribution is 2.30. The molecule has 0 fully saturated rings. The van der Waals surface area contributed by atoms with E-state index in [1.807, 2.05) is 19.1 Å². The molecule has 2 rings (SSSR count). The molecule has 0 aliphatic heterocycles. The number of nitriles is 1. The van der Waals surface area contributed by atoms with E-state index >= 15 is 0 Å². The van der Waals surface area contributed by atoms with Gasteiger partial charge in [-0.2, -0.15) is 5.26 Å². The smallest absolute Gasteiger partial charge is 0.265 e. The van der Waals surface area contributed by atoms with Gasteiger partial charge >= 0.3 is 0 Å². The minimum absolute atomic E-state index is 0.0786. The third-order valence-electron chi connectivity index (χ3n) is 3.12. The van der Waals surface area contributed by atoms with Crippen LogP contribution in [0.5, 0.6) is 5.75 Å². The summed E-state index contributed by atoms with van der Waals surface area (Å²) in [4.78, 5) is 0.0786. The van der Waals surface area contributed by atoms with E-state index in [0.29, 0.717) is 17.0 Å². The number of anilines is 1. The molecule has 6 heteroatoms. The van der Waals surface area contributed by atoms with Crippen molar-refractivity contribution in [2.75, 3.05) is 11.8 Å². The summed E-state index contributed by atoms with van der Waals surface area (Å²) in [5.41, 5.74) is 2.28. The summed E-state index contributed by atoms with van der Waals surface area (Å²) in [6.45, 7) is 3.61. The molecule has 0 saturated heterocycles. The van der Waals surface area contributed by atoms with Crippen molar-refractivity contribution in [1.29, 1.82) is 5.26 Å². The van der Waals surface area contributed by atoms with Crippen LogP contribution in [-0.4, -0.2) is 15.5 Å². The molecule has 0 spiro atoms. The lowest BCUT2D eigenvalue weighted by molar-refractivity contribution is 0.399. The number of aryl methyl sites for hydroxylation is 2. The Hall–Kier alpha value is -2.52. The first-order valence-electron chi connectivity index (χ1n) is 6.55. The summed E-state index contributed by atoms with van der Waals surface area (Å²) in [7, 11) is -2.37. The molecule has 2 aromatic rings. The first-order chi connectivity index (χ1) is 10.4. The van der Waals surface area contributed by atoms with Crippen LogP contribution in [-0.2, 0) is 10.0 Å². The fourth-order valence-corrected chi connectivity index (χ4v) is 3.62. The Balaban J connectivity index is 2.49. The summed E-state index contributed by atoms with van der Waals surface area (Å²) in [6, 6.07) is 11.7. The van der Waals surface area contributed by atoms with Crippen molar-refractivity contribution < 1.29 is 13.2 Å². The van der Waals surface area contributed by atoms with Gasteiger partial charge in [0.1, 0.15) is 10.6 Å². The largest absolute Gasteiger partial charge is 0.495 e. The predicted molar refractivity (Wildman–Crippen MR) is 84.4 cm³/mol. The second-order valence-corrected chi connectivity index (χ2v) is 6.56. The number of nitrogens with zero attached hydrogens (tertiary/aromatic N) is 1. The average molecular weight is 316 g/mol. The van der Waals surface area contributed by atoms with Crippen molar-refractivity contribution in [2.45, 2.75) is 18.7 Å². The molecule has 0 unspecified atom stereocenters. The number of benzene rings is 2. The number of sulfonamides is 1. The van der Waals surface area contributed by atoms with E-state index in [9.17, 15) is 8.42 Å². The quantitative estimate of drug-likeness (QED) is 0.940. The van der Waals surface area contributed by atoms with Crippen molar-refractivity contribution in [1.82, 2.24) is 0 Å². The Bertz CT molecular complexity index is 852. The van der Waals surface area contributed by atoms with Crippen LogP contribution >= 0.6 is 0 Å². The van der Waals surface area contributed by atoms with Gasteiger partial charge in [-0.15, -0.1) is 0 Å². The van der Waals surface area contributed by atoms with E-state index in [4.69, 9.17) is 10.00 Å². The Morgan fingerprint density at radius 3 is 2.55 bits per heavy atom. The summed E-state index contributed by atoms with van der Waals surface area (Å²) in [5, 5.41) is 8.89. The molecule has 0 atom stereocenters. The van der Waals surface area contributed by atoms with Crippen molar-refractivity contribution in [3.63, 3.8) is 0 Å². The average Bonchev–Trinajstić information content (AvgIpc) is 2.46. The fourth-order valence-electron chi connectivity index (χ4n) is 2.24. The Morgan fingerprint density at radius 1 is 1.18 bits per heavy atom. The van der Waals surface area contributed by atoms with Gasteiger partial charge in [-0.25, -0.2) is 8.42 Å². The van der Waals surface area contributed by atoms with Crippen LogP contribution in [0.1, 0.15) is 16.7 Å². The van der Waals surface area contributed by atoms with Gasteiger partial charge in [-0.3, -0.25) is 4.72 Å². The zero-order valence-electron chi connectivity index (χ0n) is 12.5. The van der Waals surface area contributed by atoms with Crippen LogP contribution in [0.3, 0.4) is 0 Å². The topological polar surface area (TPSA) is 79.2 Å². The summed E-state index contributed by atoms with van der Waals surface area (Å²) < 4.78 is 32.9. The van der Waals surface area contributed by atoms with Crippen LogP contribution < -0.4 is 9.46 Å². The normalized spacial score (nSPS) is 10.8. The van der Waals surface area contributed by atoms with Crippen LogP contribution in [0.25, 0.3) is 0 Å². The van der Waals surface area contributed by atoms with Crippen LogP contribution in [0, 0.1) is 25.2 Å².